The van der Waals surface area contributed by atoms with Gasteiger partial charge in [-0.05, 0) is 29.3 Å². The van der Waals surface area contributed by atoms with Gasteiger partial charge in [0.1, 0.15) is 5.78 Å². The van der Waals surface area contributed by atoms with E-state index in [0.717, 1.165) is 28.7 Å². The van der Waals surface area contributed by atoms with E-state index in [1.807, 2.05) is 14.0 Å². The van der Waals surface area contributed by atoms with E-state index < -0.39 is 0 Å². The van der Waals surface area contributed by atoms with Gasteiger partial charge in [0.2, 0.25) is 0 Å². The van der Waals surface area contributed by atoms with E-state index in [9.17, 15) is 4.79 Å². The first-order valence-corrected chi connectivity index (χ1v) is 6.70. The van der Waals surface area contributed by atoms with E-state index >= 15 is 0 Å². The summed E-state index contributed by atoms with van der Waals surface area (Å²) in [6, 6.07) is -0.0133. The molecular formula is C12H20BrN3O. The average molecular weight is 302 g/mol. The number of hydrogen-bond donors (Lipinski definition) is 1. The van der Waals surface area contributed by atoms with Gasteiger partial charge < -0.3 is 5.73 Å². The molecule has 1 atom stereocenters. The van der Waals surface area contributed by atoms with Gasteiger partial charge in [-0.2, -0.15) is 5.10 Å². The van der Waals surface area contributed by atoms with Gasteiger partial charge in [-0.15, -0.1) is 0 Å². The molecule has 0 amide bonds. The summed E-state index contributed by atoms with van der Waals surface area (Å²) < 4.78 is 2.68. The highest BCUT2D eigenvalue weighted by atomic mass is 79.9. The first kappa shape index (κ1) is 14.4. The third-order valence-electron chi connectivity index (χ3n) is 2.78. The smallest absolute Gasteiger partial charge is 0.140 e. The molecule has 0 bridgehead atoms. The monoisotopic (exact) mass is 301 g/mol. The SMILES string of the molecule is CCCC(N)CC(=O)Cc1c(Br)c(C)nn1C. The maximum atomic E-state index is 11.9. The van der Waals surface area contributed by atoms with Crippen LogP contribution in [-0.4, -0.2) is 21.6 Å². The second-order valence-corrected chi connectivity index (χ2v) is 5.23. The predicted octanol–water partition coefficient (Wildman–Crippen LogP) is 2.12. The van der Waals surface area contributed by atoms with E-state index in [-0.39, 0.29) is 11.8 Å². The maximum absolute atomic E-state index is 11.9. The number of carbonyl (C=O) groups excluding carboxylic acids is 1. The van der Waals surface area contributed by atoms with E-state index in [0.29, 0.717) is 12.8 Å². The number of nitrogens with two attached hydrogens (primary N) is 1. The predicted molar refractivity (Wildman–Crippen MR) is 71.9 cm³/mol. The second kappa shape index (κ2) is 6.31. The molecule has 0 saturated carbocycles. The van der Waals surface area contributed by atoms with Gasteiger partial charge >= 0.3 is 0 Å². The Kier molecular flexibility index (Phi) is 5.33. The lowest BCUT2D eigenvalue weighted by molar-refractivity contribution is -0.118. The Balaban J connectivity index is 2.62. The van der Waals surface area contributed by atoms with Gasteiger partial charge in [0.05, 0.1) is 15.9 Å². The summed E-state index contributed by atoms with van der Waals surface area (Å²) in [5.41, 5.74) is 7.70. The van der Waals surface area contributed by atoms with Crippen LogP contribution in [0.1, 0.15) is 37.6 Å². The van der Waals surface area contributed by atoms with E-state index in [1.54, 1.807) is 4.68 Å². The van der Waals surface area contributed by atoms with Crippen molar-refractivity contribution in [2.75, 3.05) is 0 Å². The minimum absolute atomic E-state index is 0.0133. The number of halogens is 1. The molecule has 1 heterocycles. The third kappa shape index (κ3) is 3.92. The molecule has 17 heavy (non-hydrogen) atoms. The fourth-order valence-corrected chi connectivity index (χ4v) is 2.37. The summed E-state index contributed by atoms with van der Waals surface area (Å²) in [5.74, 6) is 0.176. The quantitative estimate of drug-likeness (QED) is 0.875. The Morgan fingerprint density at radius 3 is 2.71 bits per heavy atom. The first-order valence-electron chi connectivity index (χ1n) is 5.91. The standard InChI is InChI=1S/C12H20BrN3O/c1-4-5-9(14)6-10(17)7-11-12(13)8(2)15-16(11)3/h9H,4-7,14H2,1-3H3. The van der Waals surface area contributed by atoms with Crippen molar-refractivity contribution in [3.8, 4) is 0 Å². The van der Waals surface area contributed by atoms with Crippen LogP contribution < -0.4 is 5.73 Å². The van der Waals surface area contributed by atoms with Gasteiger partial charge in [0.15, 0.2) is 0 Å². The largest absolute Gasteiger partial charge is 0.327 e. The van der Waals surface area contributed by atoms with Crippen molar-refractivity contribution < 1.29 is 4.79 Å². The first-order chi connectivity index (χ1) is 7.95. The van der Waals surface area contributed by atoms with Gasteiger partial charge in [-0.1, -0.05) is 13.3 Å². The number of carbonyl (C=O) groups is 1. The normalized spacial score (nSPS) is 12.8. The Hall–Kier alpha value is -0.680. The number of Topliss-reactive ketones (excluding diaryl/α,β-unsaturated/α-hetero) is 1. The number of rotatable bonds is 6. The third-order valence-corrected chi connectivity index (χ3v) is 3.81. The van der Waals surface area contributed by atoms with Crippen molar-refractivity contribution in [2.45, 2.75) is 45.6 Å². The topological polar surface area (TPSA) is 60.9 Å². The van der Waals surface area contributed by atoms with Crippen LogP contribution >= 0.6 is 15.9 Å². The second-order valence-electron chi connectivity index (χ2n) is 4.44. The zero-order valence-corrected chi connectivity index (χ0v) is 12.2. The van der Waals surface area contributed by atoms with Crippen molar-refractivity contribution in [2.24, 2.45) is 12.8 Å². The van der Waals surface area contributed by atoms with Crippen LogP contribution in [0.3, 0.4) is 0 Å². The summed E-state index contributed by atoms with van der Waals surface area (Å²) in [5, 5.41) is 4.27. The zero-order chi connectivity index (χ0) is 13.0. The molecular weight excluding hydrogens is 282 g/mol. The number of ketones is 1. The molecule has 0 fully saturated rings. The summed E-state index contributed by atoms with van der Waals surface area (Å²) in [6.07, 6.45) is 2.76. The van der Waals surface area contributed by atoms with E-state index in [2.05, 4.69) is 28.0 Å². The Morgan fingerprint density at radius 2 is 2.24 bits per heavy atom. The Morgan fingerprint density at radius 1 is 1.59 bits per heavy atom. The Bertz CT molecular complexity index is 401. The molecule has 0 aliphatic rings. The molecule has 2 N–H and O–H groups in total. The summed E-state index contributed by atoms with van der Waals surface area (Å²) in [4.78, 5) is 11.9. The highest BCUT2D eigenvalue weighted by Gasteiger charge is 2.16. The van der Waals surface area contributed by atoms with Crippen LogP contribution in [-0.2, 0) is 18.3 Å². The number of aryl methyl sites for hydroxylation is 2. The van der Waals surface area contributed by atoms with Gasteiger partial charge in [-0.3, -0.25) is 9.48 Å². The highest BCUT2D eigenvalue weighted by molar-refractivity contribution is 9.10. The molecule has 4 nitrogen and oxygen atoms in total. The lowest BCUT2D eigenvalue weighted by atomic mass is 10.0. The molecule has 1 aromatic rings. The summed E-state index contributed by atoms with van der Waals surface area (Å²) >= 11 is 3.46. The van der Waals surface area contributed by atoms with Crippen LogP contribution in [0, 0.1) is 6.92 Å². The van der Waals surface area contributed by atoms with Crippen molar-refractivity contribution in [1.82, 2.24) is 9.78 Å². The molecule has 96 valence electrons. The number of nitrogens with zero attached hydrogens (tertiary/aromatic N) is 2. The van der Waals surface area contributed by atoms with Gasteiger partial charge in [0, 0.05) is 25.9 Å². The fraction of sp³-hybridized carbons (Fsp3) is 0.667. The number of hydrogen-bond acceptors (Lipinski definition) is 3. The van der Waals surface area contributed by atoms with Gasteiger partial charge in [-0.25, -0.2) is 0 Å². The van der Waals surface area contributed by atoms with E-state index in [4.69, 9.17) is 5.73 Å². The maximum Gasteiger partial charge on any atom is 0.140 e. The minimum atomic E-state index is -0.0133. The van der Waals surface area contributed by atoms with Crippen LogP contribution in [0.4, 0.5) is 0 Å². The van der Waals surface area contributed by atoms with Gasteiger partial charge in [0.25, 0.3) is 0 Å². The molecule has 0 aromatic carbocycles. The highest BCUT2D eigenvalue weighted by Crippen LogP contribution is 2.21. The fourth-order valence-electron chi connectivity index (χ4n) is 1.90. The molecule has 0 radical (unpaired) electrons. The van der Waals surface area contributed by atoms with Crippen molar-refractivity contribution in [1.29, 1.82) is 0 Å². The molecule has 0 aliphatic carbocycles. The minimum Gasteiger partial charge on any atom is -0.327 e. The van der Waals surface area contributed by atoms with Crippen LogP contribution in [0.2, 0.25) is 0 Å². The molecule has 0 saturated heterocycles. The van der Waals surface area contributed by atoms with Crippen molar-refractivity contribution in [3.63, 3.8) is 0 Å². The molecule has 0 aliphatic heterocycles. The van der Waals surface area contributed by atoms with Crippen LogP contribution in [0.25, 0.3) is 0 Å². The van der Waals surface area contributed by atoms with Crippen molar-refractivity contribution >= 4 is 21.7 Å². The lowest BCUT2D eigenvalue weighted by Gasteiger charge is -2.09. The average Bonchev–Trinajstić information content (AvgIpc) is 2.45. The van der Waals surface area contributed by atoms with Crippen molar-refractivity contribution in [3.05, 3.63) is 15.9 Å². The molecule has 5 heteroatoms. The Labute approximate surface area is 111 Å². The van der Waals surface area contributed by atoms with Crippen LogP contribution in [0.5, 0.6) is 0 Å². The molecule has 0 spiro atoms. The molecule has 1 unspecified atom stereocenters. The summed E-state index contributed by atoms with van der Waals surface area (Å²) in [6.45, 7) is 3.99. The molecule has 1 rings (SSSR count). The number of aromatic nitrogens is 2. The molecule has 1 aromatic heterocycles. The summed E-state index contributed by atoms with van der Waals surface area (Å²) in [7, 11) is 1.85. The zero-order valence-electron chi connectivity index (χ0n) is 10.7. The lowest BCUT2D eigenvalue weighted by Crippen LogP contribution is -2.24. The van der Waals surface area contributed by atoms with Crippen LogP contribution in [0.15, 0.2) is 4.47 Å². The van der Waals surface area contributed by atoms with E-state index in [1.165, 1.54) is 0 Å².